The van der Waals surface area contributed by atoms with Crippen LogP contribution in [0.15, 0.2) is 58.8 Å². The predicted molar refractivity (Wildman–Crippen MR) is 117 cm³/mol. The minimum Gasteiger partial charge on any atom is -0.324 e. The number of anilines is 1. The maximum atomic E-state index is 12.4. The van der Waals surface area contributed by atoms with Crippen LogP contribution >= 0.6 is 23.4 Å². The first kappa shape index (κ1) is 21.4. The summed E-state index contributed by atoms with van der Waals surface area (Å²) in [5.74, 6) is -0.209. The standard InChI is InChI=1S/C20H20ClN3O3S2/c1-13-5-4-6-18(14(13)2)24-10-9-22-20(24)28-12-19(25)23-17-11-15(29(3,26)27)7-8-16(17)21/h4-11H,12H2,1-3H3,(H,23,25). The van der Waals surface area contributed by atoms with Crippen molar-refractivity contribution < 1.29 is 13.2 Å². The first-order valence-corrected chi connectivity index (χ1v) is 11.9. The van der Waals surface area contributed by atoms with Crippen LogP contribution in [-0.4, -0.2) is 35.9 Å². The molecule has 1 N–H and O–H groups in total. The summed E-state index contributed by atoms with van der Waals surface area (Å²) in [4.78, 5) is 16.9. The third-order valence-electron chi connectivity index (χ3n) is 4.41. The zero-order chi connectivity index (χ0) is 21.2. The van der Waals surface area contributed by atoms with E-state index in [1.54, 1.807) is 6.20 Å². The number of hydrogen-bond donors (Lipinski definition) is 1. The molecule has 0 saturated carbocycles. The molecule has 0 aliphatic carbocycles. The van der Waals surface area contributed by atoms with Gasteiger partial charge in [-0.2, -0.15) is 0 Å². The van der Waals surface area contributed by atoms with E-state index in [0.717, 1.165) is 17.5 Å². The van der Waals surface area contributed by atoms with Crippen LogP contribution in [0.1, 0.15) is 11.1 Å². The minimum atomic E-state index is -3.40. The molecule has 0 aliphatic rings. The molecule has 9 heteroatoms. The quantitative estimate of drug-likeness (QED) is 0.568. The van der Waals surface area contributed by atoms with E-state index in [4.69, 9.17) is 11.6 Å². The van der Waals surface area contributed by atoms with Crippen LogP contribution in [-0.2, 0) is 14.6 Å². The van der Waals surface area contributed by atoms with Gasteiger partial charge in [-0.15, -0.1) is 0 Å². The molecule has 0 bridgehead atoms. The smallest absolute Gasteiger partial charge is 0.234 e. The minimum absolute atomic E-state index is 0.0929. The second kappa shape index (κ2) is 8.61. The van der Waals surface area contributed by atoms with Crippen molar-refractivity contribution in [1.82, 2.24) is 9.55 Å². The van der Waals surface area contributed by atoms with Gasteiger partial charge < -0.3 is 5.32 Å². The molecule has 0 radical (unpaired) electrons. The van der Waals surface area contributed by atoms with Gasteiger partial charge in [-0.05, 0) is 49.2 Å². The molecule has 3 rings (SSSR count). The third-order valence-corrected chi connectivity index (χ3v) is 6.82. The number of nitrogens with zero attached hydrogens (tertiary/aromatic N) is 2. The second-order valence-corrected chi connectivity index (χ2v) is 9.91. The number of hydrogen-bond acceptors (Lipinski definition) is 5. The Balaban J connectivity index is 1.73. The van der Waals surface area contributed by atoms with E-state index in [1.165, 1.54) is 35.5 Å². The lowest BCUT2D eigenvalue weighted by Crippen LogP contribution is -2.15. The van der Waals surface area contributed by atoms with Gasteiger partial charge in [0.1, 0.15) is 0 Å². The highest BCUT2D eigenvalue weighted by molar-refractivity contribution is 7.99. The van der Waals surface area contributed by atoms with Crippen LogP contribution in [0.5, 0.6) is 0 Å². The van der Waals surface area contributed by atoms with Gasteiger partial charge in [0.05, 0.1) is 27.0 Å². The Bertz CT molecular complexity index is 1170. The first-order valence-electron chi connectivity index (χ1n) is 8.69. The zero-order valence-electron chi connectivity index (χ0n) is 16.1. The van der Waals surface area contributed by atoms with Crippen molar-refractivity contribution in [3.8, 4) is 5.69 Å². The number of nitrogens with one attached hydrogen (secondary N) is 1. The molecule has 1 heterocycles. The lowest BCUT2D eigenvalue weighted by Gasteiger charge is -2.12. The second-order valence-electron chi connectivity index (χ2n) is 6.55. The van der Waals surface area contributed by atoms with E-state index in [9.17, 15) is 13.2 Å². The van der Waals surface area contributed by atoms with Crippen molar-refractivity contribution in [2.45, 2.75) is 23.9 Å². The zero-order valence-corrected chi connectivity index (χ0v) is 18.5. The van der Waals surface area contributed by atoms with Crippen molar-refractivity contribution in [1.29, 1.82) is 0 Å². The van der Waals surface area contributed by atoms with Crippen LogP contribution in [0, 0.1) is 13.8 Å². The molecular formula is C20H20ClN3O3S2. The molecular weight excluding hydrogens is 430 g/mol. The van der Waals surface area contributed by atoms with Crippen LogP contribution < -0.4 is 5.32 Å². The van der Waals surface area contributed by atoms with Crippen LogP contribution in [0.25, 0.3) is 5.69 Å². The van der Waals surface area contributed by atoms with Crippen molar-refractivity contribution in [2.24, 2.45) is 0 Å². The van der Waals surface area contributed by atoms with E-state index in [-0.39, 0.29) is 27.3 Å². The van der Waals surface area contributed by atoms with Gasteiger partial charge >= 0.3 is 0 Å². The van der Waals surface area contributed by atoms with Crippen molar-refractivity contribution in [2.75, 3.05) is 17.3 Å². The van der Waals surface area contributed by atoms with Crippen LogP contribution in [0.2, 0.25) is 5.02 Å². The number of amides is 1. The number of thioether (sulfide) groups is 1. The first-order chi connectivity index (χ1) is 13.7. The van der Waals surface area contributed by atoms with Gasteiger partial charge in [0.2, 0.25) is 5.91 Å². The summed E-state index contributed by atoms with van der Waals surface area (Å²) >= 11 is 7.38. The van der Waals surface area contributed by atoms with Gasteiger partial charge in [-0.3, -0.25) is 9.36 Å². The van der Waals surface area contributed by atoms with E-state index < -0.39 is 9.84 Å². The van der Waals surface area contributed by atoms with Gasteiger partial charge in [0.15, 0.2) is 15.0 Å². The normalized spacial score (nSPS) is 11.4. The van der Waals surface area contributed by atoms with Crippen LogP contribution in [0.4, 0.5) is 5.69 Å². The summed E-state index contributed by atoms with van der Waals surface area (Å²) in [6.45, 7) is 4.09. The number of rotatable bonds is 6. The number of sulfone groups is 1. The number of imidazole rings is 1. The molecule has 0 spiro atoms. The summed E-state index contributed by atoms with van der Waals surface area (Å²) in [6, 6.07) is 10.2. The SMILES string of the molecule is Cc1cccc(-n2ccnc2SCC(=O)Nc2cc(S(C)(=O)=O)ccc2Cl)c1C. The maximum Gasteiger partial charge on any atom is 0.234 e. The van der Waals surface area contributed by atoms with E-state index >= 15 is 0 Å². The monoisotopic (exact) mass is 449 g/mol. The Kier molecular flexibility index (Phi) is 6.36. The molecule has 6 nitrogen and oxygen atoms in total. The molecule has 1 amide bonds. The Hall–Kier alpha value is -2.29. The molecule has 0 saturated heterocycles. The molecule has 0 unspecified atom stereocenters. The Labute approximate surface area is 179 Å². The van der Waals surface area contributed by atoms with Gasteiger partial charge in [-0.1, -0.05) is 35.5 Å². The number of halogens is 1. The van der Waals surface area contributed by atoms with Crippen LogP contribution in [0.3, 0.4) is 0 Å². The Morgan fingerprint density at radius 1 is 1.24 bits per heavy atom. The van der Waals surface area contributed by atoms with Gasteiger partial charge in [0.25, 0.3) is 0 Å². The topological polar surface area (TPSA) is 81.1 Å². The Morgan fingerprint density at radius 2 is 2.00 bits per heavy atom. The fraction of sp³-hybridized carbons (Fsp3) is 0.200. The fourth-order valence-electron chi connectivity index (χ4n) is 2.72. The van der Waals surface area contributed by atoms with E-state index in [1.807, 2.05) is 42.8 Å². The summed E-state index contributed by atoms with van der Waals surface area (Å²) in [5.41, 5.74) is 3.58. The average molecular weight is 450 g/mol. The van der Waals surface area contributed by atoms with E-state index in [0.29, 0.717) is 5.16 Å². The van der Waals surface area contributed by atoms with Gasteiger partial charge in [0, 0.05) is 18.6 Å². The molecule has 2 aromatic carbocycles. The molecule has 29 heavy (non-hydrogen) atoms. The maximum absolute atomic E-state index is 12.4. The number of carbonyl (C=O) groups excluding carboxylic acids is 1. The highest BCUT2D eigenvalue weighted by Crippen LogP contribution is 2.27. The predicted octanol–water partition coefficient (Wildman–Crippen LogP) is 4.28. The lowest BCUT2D eigenvalue weighted by molar-refractivity contribution is -0.113. The largest absolute Gasteiger partial charge is 0.324 e. The molecule has 152 valence electrons. The number of aryl methyl sites for hydroxylation is 1. The lowest BCUT2D eigenvalue weighted by atomic mass is 10.1. The molecule has 3 aromatic rings. The van der Waals surface area contributed by atoms with Crippen molar-refractivity contribution >= 4 is 44.8 Å². The summed E-state index contributed by atoms with van der Waals surface area (Å²) in [6.07, 6.45) is 4.65. The molecule has 0 aliphatic heterocycles. The molecule has 0 fully saturated rings. The number of aromatic nitrogens is 2. The van der Waals surface area contributed by atoms with Gasteiger partial charge in [-0.25, -0.2) is 13.4 Å². The summed E-state index contributed by atoms with van der Waals surface area (Å²) in [7, 11) is -3.40. The third kappa shape index (κ3) is 5.01. The summed E-state index contributed by atoms with van der Waals surface area (Å²) in [5, 5.41) is 3.63. The van der Waals surface area contributed by atoms with E-state index in [2.05, 4.69) is 10.3 Å². The molecule has 1 aromatic heterocycles. The number of benzene rings is 2. The highest BCUT2D eigenvalue weighted by atomic mass is 35.5. The number of carbonyl (C=O) groups is 1. The summed E-state index contributed by atoms with van der Waals surface area (Å²) < 4.78 is 25.4. The van der Waals surface area contributed by atoms with Crippen molar-refractivity contribution in [3.05, 3.63) is 64.9 Å². The fourth-order valence-corrected chi connectivity index (χ4v) is 4.30. The average Bonchev–Trinajstić information content (AvgIpc) is 3.11. The highest BCUT2D eigenvalue weighted by Gasteiger charge is 2.14. The Morgan fingerprint density at radius 3 is 2.72 bits per heavy atom. The molecule has 0 atom stereocenters. The van der Waals surface area contributed by atoms with Crippen molar-refractivity contribution in [3.63, 3.8) is 0 Å².